The van der Waals surface area contributed by atoms with E-state index in [4.69, 9.17) is 4.84 Å². The molecule has 0 aliphatic carbocycles. The van der Waals surface area contributed by atoms with Gasteiger partial charge in [-0.2, -0.15) is 0 Å². The van der Waals surface area contributed by atoms with Gasteiger partial charge in [0.15, 0.2) is 0 Å². The van der Waals surface area contributed by atoms with Crippen LogP contribution in [0.2, 0.25) is 0 Å². The number of nitrogens with one attached hydrogen (secondary N) is 2. The second-order valence-electron chi connectivity index (χ2n) is 4.37. The summed E-state index contributed by atoms with van der Waals surface area (Å²) in [5.41, 5.74) is 3.80. The predicted molar refractivity (Wildman–Crippen MR) is 81.2 cm³/mol. The Hall–Kier alpha value is -2.86. The normalized spacial score (nSPS) is 9.86. The number of carbonyl (C=O) groups is 2. The molecule has 0 aliphatic heterocycles. The standard InChI is InChI=1S/C16H16N2O4/c1-21-15(19)13-9-5-6-10-14(13)17-16(20)18-22-11-12-7-3-2-4-8-12/h2-10H,11H2,1H3,(H2,17,18,20). The molecule has 22 heavy (non-hydrogen) atoms. The van der Waals surface area contributed by atoms with Crippen molar-refractivity contribution in [1.82, 2.24) is 5.48 Å². The van der Waals surface area contributed by atoms with Gasteiger partial charge in [0.05, 0.1) is 25.0 Å². The highest BCUT2D eigenvalue weighted by molar-refractivity contribution is 6.00. The highest BCUT2D eigenvalue weighted by Gasteiger charge is 2.12. The Morgan fingerprint density at radius 1 is 1.00 bits per heavy atom. The SMILES string of the molecule is COC(=O)c1ccccc1NC(=O)NOCc1ccccc1. The molecule has 2 aromatic carbocycles. The van der Waals surface area contributed by atoms with E-state index in [0.29, 0.717) is 5.69 Å². The molecule has 114 valence electrons. The molecule has 2 amide bonds. The molecule has 0 fully saturated rings. The summed E-state index contributed by atoms with van der Waals surface area (Å²) in [5, 5.41) is 2.54. The van der Waals surface area contributed by atoms with E-state index in [2.05, 4.69) is 15.5 Å². The molecule has 0 radical (unpaired) electrons. The summed E-state index contributed by atoms with van der Waals surface area (Å²) in [6.45, 7) is 0.243. The van der Waals surface area contributed by atoms with Crippen LogP contribution in [0.4, 0.5) is 10.5 Å². The summed E-state index contributed by atoms with van der Waals surface area (Å²) in [6.07, 6.45) is 0. The molecular formula is C16H16N2O4. The van der Waals surface area contributed by atoms with Crippen LogP contribution in [0.5, 0.6) is 0 Å². The molecule has 0 heterocycles. The lowest BCUT2D eigenvalue weighted by molar-refractivity contribution is 0.0535. The van der Waals surface area contributed by atoms with Crippen molar-refractivity contribution >= 4 is 17.7 Å². The summed E-state index contributed by atoms with van der Waals surface area (Å²) in [7, 11) is 1.28. The third-order valence-electron chi connectivity index (χ3n) is 2.83. The number of rotatable bonds is 5. The third kappa shape index (κ3) is 4.32. The van der Waals surface area contributed by atoms with Crippen LogP contribution >= 0.6 is 0 Å². The molecule has 0 spiro atoms. The van der Waals surface area contributed by atoms with E-state index in [0.717, 1.165) is 5.56 Å². The molecule has 0 atom stereocenters. The van der Waals surface area contributed by atoms with Crippen LogP contribution in [0.3, 0.4) is 0 Å². The number of esters is 1. The largest absolute Gasteiger partial charge is 0.465 e. The van der Waals surface area contributed by atoms with Gasteiger partial charge in [0.2, 0.25) is 0 Å². The maximum atomic E-state index is 11.8. The van der Waals surface area contributed by atoms with E-state index >= 15 is 0 Å². The first-order chi connectivity index (χ1) is 10.7. The predicted octanol–water partition coefficient (Wildman–Crippen LogP) is 2.73. The zero-order valence-corrected chi connectivity index (χ0v) is 12.0. The van der Waals surface area contributed by atoms with Crippen molar-refractivity contribution in [2.75, 3.05) is 12.4 Å². The number of urea groups is 1. The minimum atomic E-state index is -0.577. The topological polar surface area (TPSA) is 76.7 Å². The Labute approximate surface area is 128 Å². The van der Waals surface area contributed by atoms with E-state index in [-0.39, 0.29) is 12.2 Å². The molecule has 2 aromatic rings. The number of hydrogen-bond donors (Lipinski definition) is 2. The molecule has 6 heteroatoms. The number of hydrogen-bond acceptors (Lipinski definition) is 4. The van der Waals surface area contributed by atoms with E-state index in [1.807, 2.05) is 30.3 Å². The van der Waals surface area contributed by atoms with Gasteiger partial charge >= 0.3 is 12.0 Å². The fourth-order valence-corrected chi connectivity index (χ4v) is 1.79. The Morgan fingerprint density at radius 3 is 2.41 bits per heavy atom. The molecule has 6 nitrogen and oxygen atoms in total. The third-order valence-corrected chi connectivity index (χ3v) is 2.83. The Kier molecular flexibility index (Phi) is 5.50. The average molecular weight is 300 g/mol. The van der Waals surface area contributed by atoms with E-state index < -0.39 is 12.0 Å². The van der Waals surface area contributed by atoms with Gasteiger partial charge in [0, 0.05) is 0 Å². The van der Waals surface area contributed by atoms with Crippen LogP contribution in [0.1, 0.15) is 15.9 Å². The lowest BCUT2D eigenvalue weighted by atomic mass is 10.2. The van der Waals surface area contributed by atoms with Crippen LogP contribution in [0, 0.1) is 0 Å². The van der Waals surface area contributed by atoms with Crippen molar-refractivity contribution in [1.29, 1.82) is 0 Å². The maximum absolute atomic E-state index is 11.8. The summed E-state index contributed by atoms with van der Waals surface area (Å²) < 4.78 is 4.66. The summed E-state index contributed by atoms with van der Waals surface area (Å²) in [4.78, 5) is 28.5. The summed E-state index contributed by atoms with van der Waals surface area (Å²) in [5.74, 6) is -0.527. The van der Waals surface area contributed by atoms with Crippen molar-refractivity contribution in [2.45, 2.75) is 6.61 Å². The maximum Gasteiger partial charge on any atom is 0.343 e. The summed E-state index contributed by atoms with van der Waals surface area (Å²) in [6, 6.07) is 15.4. The van der Waals surface area contributed by atoms with Crippen molar-refractivity contribution in [3.63, 3.8) is 0 Å². The van der Waals surface area contributed by atoms with E-state index in [9.17, 15) is 9.59 Å². The first kappa shape index (κ1) is 15.5. The molecule has 2 rings (SSSR count). The Balaban J connectivity index is 1.88. The molecule has 0 aliphatic rings. The molecular weight excluding hydrogens is 284 g/mol. The highest BCUT2D eigenvalue weighted by Crippen LogP contribution is 2.15. The lowest BCUT2D eigenvalue weighted by Gasteiger charge is -2.10. The first-order valence-electron chi connectivity index (χ1n) is 6.61. The number of para-hydroxylation sites is 1. The van der Waals surface area contributed by atoms with Gasteiger partial charge in [-0.15, -0.1) is 0 Å². The lowest BCUT2D eigenvalue weighted by Crippen LogP contribution is -2.29. The second kappa shape index (κ2) is 7.80. The fraction of sp³-hybridized carbons (Fsp3) is 0.125. The number of benzene rings is 2. The van der Waals surface area contributed by atoms with Gasteiger partial charge in [-0.1, -0.05) is 42.5 Å². The van der Waals surface area contributed by atoms with Crippen molar-refractivity contribution in [3.8, 4) is 0 Å². The van der Waals surface area contributed by atoms with Gasteiger partial charge < -0.3 is 10.1 Å². The first-order valence-corrected chi connectivity index (χ1v) is 6.61. The van der Waals surface area contributed by atoms with Gasteiger partial charge in [-0.05, 0) is 17.7 Å². The van der Waals surface area contributed by atoms with Crippen LogP contribution in [0.15, 0.2) is 54.6 Å². The minimum Gasteiger partial charge on any atom is -0.465 e. The molecule has 0 bridgehead atoms. The summed E-state index contributed by atoms with van der Waals surface area (Å²) >= 11 is 0. The van der Waals surface area contributed by atoms with Crippen LogP contribution in [-0.4, -0.2) is 19.1 Å². The van der Waals surface area contributed by atoms with Crippen molar-refractivity contribution < 1.29 is 19.2 Å². The highest BCUT2D eigenvalue weighted by atomic mass is 16.7. The minimum absolute atomic E-state index is 0.243. The zero-order valence-electron chi connectivity index (χ0n) is 12.0. The van der Waals surface area contributed by atoms with Gasteiger partial charge in [0.1, 0.15) is 0 Å². The molecule has 2 N–H and O–H groups in total. The smallest absolute Gasteiger partial charge is 0.343 e. The number of amides is 2. The zero-order chi connectivity index (χ0) is 15.8. The number of ether oxygens (including phenoxy) is 1. The monoisotopic (exact) mass is 300 g/mol. The molecule has 0 saturated carbocycles. The van der Waals surface area contributed by atoms with E-state index in [1.165, 1.54) is 7.11 Å². The number of methoxy groups -OCH3 is 1. The van der Waals surface area contributed by atoms with Crippen LogP contribution in [0.25, 0.3) is 0 Å². The Morgan fingerprint density at radius 2 is 1.68 bits per heavy atom. The number of hydroxylamine groups is 1. The van der Waals surface area contributed by atoms with Crippen molar-refractivity contribution in [3.05, 3.63) is 65.7 Å². The van der Waals surface area contributed by atoms with E-state index in [1.54, 1.807) is 24.3 Å². The van der Waals surface area contributed by atoms with Gasteiger partial charge in [0.25, 0.3) is 0 Å². The second-order valence-corrected chi connectivity index (χ2v) is 4.37. The fourth-order valence-electron chi connectivity index (χ4n) is 1.79. The van der Waals surface area contributed by atoms with Crippen molar-refractivity contribution in [2.24, 2.45) is 0 Å². The van der Waals surface area contributed by atoms with Gasteiger partial charge in [-0.3, -0.25) is 4.84 Å². The quantitative estimate of drug-likeness (QED) is 0.657. The number of anilines is 1. The molecule has 0 aromatic heterocycles. The van der Waals surface area contributed by atoms with Gasteiger partial charge in [-0.25, -0.2) is 15.1 Å². The number of carbonyl (C=O) groups excluding carboxylic acids is 2. The molecule has 0 saturated heterocycles. The average Bonchev–Trinajstić information content (AvgIpc) is 2.55. The van der Waals surface area contributed by atoms with Crippen LogP contribution < -0.4 is 10.8 Å². The van der Waals surface area contributed by atoms with Crippen LogP contribution in [-0.2, 0) is 16.2 Å². The molecule has 0 unspecified atom stereocenters. The Bertz CT molecular complexity index is 644.